The number of hydrogen-bond donors (Lipinski definition) is 0. The molecule has 15 heavy (non-hydrogen) atoms. The van der Waals surface area contributed by atoms with Crippen LogP contribution in [-0.4, -0.2) is 5.97 Å². The minimum atomic E-state index is -0.495. The summed E-state index contributed by atoms with van der Waals surface area (Å²) in [6.07, 6.45) is 0.485. The normalized spacial score (nSPS) is 28.9. The lowest BCUT2D eigenvalue weighted by molar-refractivity contribution is -0.150. The monoisotopic (exact) mass is 204 g/mol. The molecular weight excluding hydrogens is 188 g/mol. The predicted molar refractivity (Wildman–Crippen MR) is 58.3 cm³/mol. The quantitative estimate of drug-likeness (QED) is 0.657. The van der Waals surface area contributed by atoms with Crippen molar-refractivity contribution in [3.63, 3.8) is 0 Å². The Bertz CT molecular complexity index is 381. The number of esters is 1. The van der Waals surface area contributed by atoms with Crippen LogP contribution < -0.4 is 0 Å². The third-order valence-corrected chi connectivity index (χ3v) is 3.52. The molecule has 1 aliphatic heterocycles. The van der Waals surface area contributed by atoms with E-state index in [9.17, 15) is 4.79 Å². The van der Waals surface area contributed by atoms with E-state index in [-0.39, 0.29) is 11.4 Å². The van der Waals surface area contributed by atoms with Crippen molar-refractivity contribution in [2.75, 3.05) is 0 Å². The van der Waals surface area contributed by atoms with Crippen molar-refractivity contribution < 1.29 is 9.53 Å². The SMILES string of the molecule is CC1(C)CC(=O)O[C@@]1(C)c1ccccc1. The van der Waals surface area contributed by atoms with Gasteiger partial charge in [0.1, 0.15) is 5.60 Å². The van der Waals surface area contributed by atoms with Crippen molar-refractivity contribution in [2.24, 2.45) is 5.41 Å². The van der Waals surface area contributed by atoms with Gasteiger partial charge in [0, 0.05) is 5.41 Å². The van der Waals surface area contributed by atoms with Crippen LogP contribution in [0.1, 0.15) is 32.8 Å². The van der Waals surface area contributed by atoms with Gasteiger partial charge in [-0.15, -0.1) is 0 Å². The summed E-state index contributed by atoms with van der Waals surface area (Å²) < 4.78 is 5.51. The van der Waals surface area contributed by atoms with E-state index in [0.29, 0.717) is 6.42 Å². The van der Waals surface area contributed by atoms with E-state index in [1.807, 2.05) is 37.3 Å². The first-order chi connectivity index (χ1) is 6.96. The van der Waals surface area contributed by atoms with Crippen LogP contribution in [0.15, 0.2) is 30.3 Å². The highest BCUT2D eigenvalue weighted by Crippen LogP contribution is 2.50. The topological polar surface area (TPSA) is 26.3 Å². The molecule has 2 heteroatoms. The van der Waals surface area contributed by atoms with Gasteiger partial charge in [0.25, 0.3) is 0 Å². The molecule has 0 bridgehead atoms. The second-order valence-corrected chi connectivity index (χ2v) is 4.93. The zero-order valence-electron chi connectivity index (χ0n) is 9.41. The van der Waals surface area contributed by atoms with Crippen LogP contribution in [-0.2, 0) is 15.1 Å². The first-order valence-electron chi connectivity index (χ1n) is 5.23. The maximum absolute atomic E-state index is 11.4. The first kappa shape index (κ1) is 10.2. The lowest BCUT2D eigenvalue weighted by atomic mass is 9.72. The molecule has 1 heterocycles. The summed E-state index contributed by atoms with van der Waals surface area (Å²) in [6, 6.07) is 9.95. The van der Waals surface area contributed by atoms with Gasteiger partial charge in [0.05, 0.1) is 6.42 Å². The third-order valence-electron chi connectivity index (χ3n) is 3.52. The molecule has 0 spiro atoms. The van der Waals surface area contributed by atoms with Gasteiger partial charge in [-0.3, -0.25) is 4.79 Å². The number of hydrogen-bond acceptors (Lipinski definition) is 2. The van der Waals surface area contributed by atoms with E-state index in [0.717, 1.165) is 5.56 Å². The molecule has 1 atom stereocenters. The fourth-order valence-corrected chi connectivity index (χ4v) is 2.14. The highest BCUT2D eigenvalue weighted by Gasteiger charge is 2.52. The van der Waals surface area contributed by atoms with Gasteiger partial charge >= 0.3 is 5.97 Å². The highest BCUT2D eigenvalue weighted by atomic mass is 16.6. The van der Waals surface area contributed by atoms with Crippen LogP contribution in [0.5, 0.6) is 0 Å². The molecular formula is C13H16O2. The third kappa shape index (κ3) is 1.44. The number of carbonyl (C=O) groups is 1. The van der Waals surface area contributed by atoms with Gasteiger partial charge in [-0.1, -0.05) is 44.2 Å². The van der Waals surface area contributed by atoms with Crippen molar-refractivity contribution in [1.29, 1.82) is 0 Å². The number of cyclic esters (lactones) is 1. The average molecular weight is 204 g/mol. The van der Waals surface area contributed by atoms with E-state index >= 15 is 0 Å². The molecule has 1 fully saturated rings. The Morgan fingerprint density at radius 1 is 1.13 bits per heavy atom. The Labute approximate surface area is 90.3 Å². The molecule has 1 saturated heterocycles. The van der Waals surface area contributed by atoms with E-state index in [1.165, 1.54) is 0 Å². The first-order valence-corrected chi connectivity index (χ1v) is 5.23. The molecule has 80 valence electrons. The minimum absolute atomic E-state index is 0.105. The van der Waals surface area contributed by atoms with Crippen molar-refractivity contribution in [3.8, 4) is 0 Å². The van der Waals surface area contributed by atoms with E-state index in [1.54, 1.807) is 0 Å². The second-order valence-electron chi connectivity index (χ2n) is 4.93. The maximum Gasteiger partial charge on any atom is 0.307 e. The molecule has 0 N–H and O–H groups in total. The van der Waals surface area contributed by atoms with Crippen LogP contribution in [0.3, 0.4) is 0 Å². The largest absolute Gasteiger partial charge is 0.454 e. The lowest BCUT2D eigenvalue weighted by Crippen LogP contribution is -2.35. The summed E-state index contributed by atoms with van der Waals surface area (Å²) in [5, 5.41) is 0. The predicted octanol–water partition coefficient (Wildman–Crippen LogP) is 2.87. The van der Waals surface area contributed by atoms with Gasteiger partial charge in [0.2, 0.25) is 0 Å². The van der Waals surface area contributed by atoms with Gasteiger partial charge in [-0.25, -0.2) is 0 Å². The molecule has 0 amide bonds. The molecule has 0 unspecified atom stereocenters. The van der Waals surface area contributed by atoms with Crippen molar-refractivity contribution >= 4 is 5.97 Å². The molecule has 2 nitrogen and oxygen atoms in total. The number of benzene rings is 1. The summed E-state index contributed by atoms with van der Waals surface area (Å²) in [6.45, 7) is 6.14. The molecule has 2 rings (SSSR count). The second kappa shape index (κ2) is 3.09. The van der Waals surface area contributed by atoms with Crippen molar-refractivity contribution in [1.82, 2.24) is 0 Å². The van der Waals surface area contributed by atoms with Crippen molar-refractivity contribution in [2.45, 2.75) is 32.8 Å². The van der Waals surface area contributed by atoms with E-state index < -0.39 is 5.60 Å². The molecule has 1 aromatic rings. The summed E-state index contributed by atoms with van der Waals surface area (Å²) in [5.74, 6) is -0.105. The van der Waals surface area contributed by atoms with Gasteiger partial charge in [-0.2, -0.15) is 0 Å². The Kier molecular flexibility index (Phi) is 2.10. The van der Waals surface area contributed by atoms with Gasteiger partial charge in [-0.05, 0) is 12.5 Å². The molecule has 0 radical (unpaired) electrons. The van der Waals surface area contributed by atoms with Crippen LogP contribution in [0.2, 0.25) is 0 Å². The Hall–Kier alpha value is -1.31. The number of ether oxygens (including phenoxy) is 1. The smallest absolute Gasteiger partial charge is 0.307 e. The molecule has 0 aliphatic carbocycles. The molecule has 0 aromatic heterocycles. The summed E-state index contributed by atoms with van der Waals surface area (Å²) >= 11 is 0. The number of carbonyl (C=O) groups excluding carboxylic acids is 1. The Morgan fingerprint density at radius 3 is 2.20 bits per heavy atom. The lowest BCUT2D eigenvalue weighted by Gasteiger charge is -2.35. The van der Waals surface area contributed by atoms with Crippen LogP contribution in [0.4, 0.5) is 0 Å². The fraction of sp³-hybridized carbons (Fsp3) is 0.462. The molecule has 1 aliphatic rings. The summed E-state index contributed by atoms with van der Waals surface area (Å²) in [4.78, 5) is 11.4. The maximum atomic E-state index is 11.4. The minimum Gasteiger partial charge on any atom is -0.454 e. The number of rotatable bonds is 1. The van der Waals surface area contributed by atoms with Crippen molar-refractivity contribution in [3.05, 3.63) is 35.9 Å². The van der Waals surface area contributed by atoms with Crippen LogP contribution >= 0.6 is 0 Å². The zero-order chi connectivity index (χ0) is 11.1. The zero-order valence-corrected chi connectivity index (χ0v) is 9.41. The van der Waals surface area contributed by atoms with E-state index in [2.05, 4.69) is 13.8 Å². The van der Waals surface area contributed by atoms with Crippen LogP contribution in [0.25, 0.3) is 0 Å². The summed E-state index contributed by atoms with van der Waals surface area (Å²) in [5.41, 5.74) is 0.428. The molecule has 0 saturated carbocycles. The Balaban J connectivity index is 2.47. The molecule has 1 aromatic carbocycles. The summed E-state index contributed by atoms with van der Waals surface area (Å²) in [7, 11) is 0. The van der Waals surface area contributed by atoms with Gasteiger partial charge < -0.3 is 4.74 Å². The average Bonchev–Trinajstić information content (AvgIpc) is 2.38. The Morgan fingerprint density at radius 2 is 1.73 bits per heavy atom. The van der Waals surface area contributed by atoms with E-state index in [4.69, 9.17) is 4.74 Å². The standard InChI is InChI=1S/C13H16O2/c1-12(2)9-11(14)15-13(12,3)10-7-5-4-6-8-10/h4-8H,9H2,1-3H3/t13-/m0/s1. The van der Waals surface area contributed by atoms with Crippen LogP contribution in [0, 0.1) is 5.41 Å². The van der Waals surface area contributed by atoms with Gasteiger partial charge in [0.15, 0.2) is 0 Å². The highest BCUT2D eigenvalue weighted by molar-refractivity contribution is 5.74. The fourth-order valence-electron chi connectivity index (χ4n) is 2.14.